The van der Waals surface area contributed by atoms with Crippen LogP contribution in [0.25, 0.3) is 0 Å². The van der Waals surface area contributed by atoms with Crippen molar-refractivity contribution in [2.45, 2.75) is 37.9 Å². The predicted octanol–water partition coefficient (Wildman–Crippen LogP) is 1.19. The van der Waals surface area contributed by atoms with Gasteiger partial charge >= 0.3 is 0 Å². The first-order valence-corrected chi connectivity index (χ1v) is 11.2. The minimum atomic E-state index is -1.39. The van der Waals surface area contributed by atoms with E-state index in [1.165, 1.54) is 12.0 Å². The summed E-state index contributed by atoms with van der Waals surface area (Å²) in [6.07, 6.45) is 0.279. The van der Waals surface area contributed by atoms with E-state index >= 15 is 0 Å². The number of methoxy groups -OCH3 is 1. The summed E-state index contributed by atoms with van der Waals surface area (Å²) in [5.41, 5.74) is 6.84. The van der Waals surface area contributed by atoms with E-state index in [9.17, 15) is 19.2 Å². The number of rotatable bonds is 6. The fraction of sp³-hybridized carbons (Fsp3) is 0.360. The van der Waals surface area contributed by atoms with Crippen LogP contribution in [0.15, 0.2) is 42.5 Å². The summed E-state index contributed by atoms with van der Waals surface area (Å²) in [6, 6.07) is 12.1. The van der Waals surface area contributed by atoms with Crippen LogP contribution < -0.4 is 21.1 Å². The molecule has 0 aliphatic carbocycles. The van der Waals surface area contributed by atoms with Gasteiger partial charge in [0.15, 0.2) is 0 Å². The molecule has 0 bridgehead atoms. The van der Waals surface area contributed by atoms with Gasteiger partial charge in [-0.05, 0) is 25.0 Å². The van der Waals surface area contributed by atoms with Gasteiger partial charge in [0, 0.05) is 29.3 Å². The molecule has 34 heavy (non-hydrogen) atoms. The lowest BCUT2D eigenvalue weighted by Gasteiger charge is -2.29. The number of aryl methyl sites for hydroxylation is 1. The number of nitrogens with zero attached hydrogens (tertiary/aromatic N) is 1. The van der Waals surface area contributed by atoms with Gasteiger partial charge in [-0.2, -0.15) is 0 Å². The number of nitrogens with one attached hydrogen (secondary N) is 2. The molecule has 5 rings (SSSR count). The Morgan fingerprint density at radius 3 is 2.62 bits per heavy atom. The van der Waals surface area contributed by atoms with Gasteiger partial charge in [0.05, 0.1) is 25.5 Å². The molecule has 3 heterocycles. The van der Waals surface area contributed by atoms with Crippen LogP contribution in [0.2, 0.25) is 0 Å². The lowest BCUT2D eigenvalue weighted by molar-refractivity contribution is -0.143. The standard InChI is InChI=1S/C25H26N4O5/c1-13-6-5-8-15-21(13)27-24(33)25(15)20-19(16(28-25)10-11-18(26)30)22(31)29(23(20)32)12-14-7-3-4-9-17(14)34-2/h3-9,16,19-20,28H,10-12H2,1-2H3,(H2,26,30)(H,27,33)/t16-,19+,20+,25-/m0/s1. The molecule has 0 saturated carbocycles. The van der Waals surface area contributed by atoms with Gasteiger partial charge in [-0.3, -0.25) is 29.4 Å². The number of amides is 4. The van der Waals surface area contributed by atoms with Gasteiger partial charge in [0.2, 0.25) is 23.6 Å². The average Bonchev–Trinajstić information content (AvgIpc) is 3.40. The second-order valence-electron chi connectivity index (χ2n) is 9.09. The highest BCUT2D eigenvalue weighted by atomic mass is 16.5. The first kappa shape index (κ1) is 22.1. The molecule has 1 spiro atoms. The van der Waals surface area contributed by atoms with Crippen molar-refractivity contribution in [1.29, 1.82) is 0 Å². The Hall–Kier alpha value is -3.72. The summed E-state index contributed by atoms with van der Waals surface area (Å²) >= 11 is 0. The van der Waals surface area contributed by atoms with Crippen molar-refractivity contribution in [3.05, 3.63) is 59.2 Å². The van der Waals surface area contributed by atoms with E-state index in [0.717, 1.165) is 5.56 Å². The van der Waals surface area contributed by atoms with Crippen LogP contribution in [0, 0.1) is 18.8 Å². The number of para-hydroxylation sites is 2. The highest BCUT2D eigenvalue weighted by Crippen LogP contribution is 2.54. The molecule has 4 N–H and O–H groups in total. The van der Waals surface area contributed by atoms with Crippen LogP contribution in [0.1, 0.15) is 29.5 Å². The lowest BCUT2D eigenvalue weighted by Crippen LogP contribution is -2.53. The van der Waals surface area contributed by atoms with Crippen LogP contribution in [0.3, 0.4) is 0 Å². The third-order valence-corrected chi connectivity index (χ3v) is 7.27. The molecule has 0 aromatic heterocycles. The maximum atomic E-state index is 13.8. The third-order valence-electron chi connectivity index (χ3n) is 7.27. The van der Waals surface area contributed by atoms with Crippen molar-refractivity contribution in [3.63, 3.8) is 0 Å². The summed E-state index contributed by atoms with van der Waals surface area (Å²) in [4.78, 5) is 53.7. The molecule has 176 valence electrons. The van der Waals surface area contributed by atoms with E-state index in [4.69, 9.17) is 10.5 Å². The van der Waals surface area contributed by atoms with Gasteiger partial charge in [-0.1, -0.05) is 36.4 Å². The topological polar surface area (TPSA) is 131 Å². The van der Waals surface area contributed by atoms with E-state index in [2.05, 4.69) is 10.6 Å². The Balaban J connectivity index is 1.59. The molecule has 2 fully saturated rings. The lowest BCUT2D eigenvalue weighted by atomic mass is 9.76. The summed E-state index contributed by atoms with van der Waals surface area (Å²) in [5.74, 6) is -2.82. The van der Waals surface area contributed by atoms with Gasteiger partial charge in [-0.25, -0.2) is 0 Å². The number of hydrogen-bond acceptors (Lipinski definition) is 6. The molecule has 9 nitrogen and oxygen atoms in total. The van der Waals surface area contributed by atoms with E-state index in [-0.39, 0.29) is 31.2 Å². The SMILES string of the molecule is COc1ccccc1CN1C(=O)[C@@H]2[C@H](CCC(N)=O)N[C@]3(C(=O)Nc4c(C)cccc43)[C@H]2C1=O. The van der Waals surface area contributed by atoms with Crippen molar-refractivity contribution in [2.24, 2.45) is 17.6 Å². The molecular formula is C25H26N4O5. The minimum absolute atomic E-state index is 0.0350. The number of nitrogens with two attached hydrogens (primary N) is 1. The number of carbonyl (C=O) groups is 4. The number of ether oxygens (including phenoxy) is 1. The van der Waals surface area contributed by atoms with Crippen molar-refractivity contribution in [1.82, 2.24) is 10.2 Å². The van der Waals surface area contributed by atoms with E-state index in [1.54, 1.807) is 18.2 Å². The second kappa shape index (κ2) is 7.95. The van der Waals surface area contributed by atoms with Crippen molar-refractivity contribution in [2.75, 3.05) is 12.4 Å². The summed E-state index contributed by atoms with van der Waals surface area (Å²) < 4.78 is 5.40. The molecule has 3 aliphatic heterocycles. The molecule has 2 aromatic rings. The number of hydrogen-bond donors (Lipinski definition) is 3. The number of likely N-dealkylation sites (tertiary alicyclic amines) is 1. The van der Waals surface area contributed by atoms with Crippen LogP contribution in [0.4, 0.5) is 5.69 Å². The third kappa shape index (κ3) is 3.03. The summed E-state index contributed by atoms with van der Waals surface area (Å²) in [7, 11) is 1.53. The maximum Gasteiger partial charge on any atom is 0.250 e. The molecule has 4 atom stereocenters. The first-order valence-electron chi connectivity index (χ1n) is 11.2. The average molecular weight is 463 g/mol. The Morgan fingerprint density at radius 1 is 1.12 bits per heavy atom. The van der Waals surface area contributed by atoms with Crippen molar-refractivity contribution >= 4 is 29.3 Å². The maximum absolute atomic E-state index is 13.8. The number of imide groups is 1. The molecule has 4 amide bonds. The number of carbonyl (C=O) groups excluding carboxylic acids is 4. The number of fused-ring (bicyclic) bond motifs is 4. The Labute approximate surface area is 196 Å². The second-order valence-corrected chi connectivity index (χ2v) is 9.09. The number of primary amides is 1. The first-order chi connectivity index (χ1) is 16.3. The molecular weight excluding hydrogens is 436 g/mol. The van der Waals surface area contributed by atoms with E-state index in [1.807, 2.05) is 31.2 Å². The zero-order valence-electron chi connectivity index (χ0n) is 19.0. The van der Waals surface area contributed by atoms with Crippen LogP contribution >= 0.6 is 0 Å². The minimum Gasteiger partial charge on any atom is -0.496 e. The van der Waals surface area contributed by atoms with E-state index < -0.39 is 35.2 Å². The summed E-state index contributed by atoms with van der Waals surface area (Å²) in [5, 5.41) is 6.23. The molecule has 0 radical (unpaired) electrons. The van der Waals surface area contributed by atoms with Gasteiger partial charge in [0.25, 0.3) is 0 Å². The molecule has 3 aliphatic rings. The molecule has 2 aromatic carbocycles. The highest BCUT2D eigenvalue weighted by molar-refractivity contribution is 6.15. The zero-order valence-corrected chi connectivity index (χ0v) is 19.0. The van der Waals surface area contributed by atoms with E-state index in [0.29, 0.717) is 22.6 Å². The van der Waals surface area contributed by atoms with Crippen molar-refractivity contribution < 1.29 is 23.9 Å². The largest absolute Gasteiger partial charge is 0.496 e. The Bertz CT molecular complexity index is 1230. The fourth-order valence-electron chi connectivity index (χ4n) is 5.74. The zero-order chi connectivity index (χ0) is 24.2. The number of anilines is 1. The smallest absolute Gasteiger partial charge is 0.250 e. The summed E-state index contributed by atoms with van der Waals surface area (Å²) in [6.45, 7) is 1.92. The molecule has 9 heteroatoms. The van der Waals surface area contributed by atoms with Crippen LogP contribution in [0.5, 0.6) is 5.75 Å². The number of benzene rings is 2. The molecule has 0 unspecified atom stereocenters. The normalized spacial score (nSPS) is 27.2. The van der Waals surface area contributed by atoms with Crippen LogP contribution in [-0.2, 0) is 31.3 Å². The van der Waals surface area contributed by atoms with Gasteiger partial charge < -0.3 is 15.8 Å². The fourth-order valence-corrected chi connectivity index (χ4v) is 5.74. The predicted molar refractivity (Wildman–Crippen MR) is 122 cm³/mol. The molecule has 2 saturated heterocycles. The van der Waals surface area contributed by atoms with Gasteiger partial charge in [-0.15, -0.1) is 0 Å². The quantitative estimate of drug-likeness (QED) is 0.553. The highest BCUT2D eigenvalue weighted by Gasteiger charge is 2.70. The Kier molecular flexibility index (Phi) is 5.16. The monoisotopic (exact) mass is 462 g/mol. The van der Waals surface area contributed by atoms with Crippen LogP contribution in [-0.4, -0.2) is 41.7 Å². The van der Waals surface area contributed by atoms with Crippen molar-refractivity contribution in [3.8, 4) is 5.75 Å². The van der Waals surface area contributed by atoms with Gasteiger partial charge in [0.1, 0.15) is 11.3 Å². The Morgan fingerprint density at radius 2 is 1.88 bits per heavy atom.